The molecule has 21 heavy (non-hydrogen) atoms. The predicted octanol–water partition coefficient (Wildman–Crippen LogP) is 1.83. The molecule has 112 valence electrons. The fourth-order valence-corrected chi connectivity index (χ4v) is 1.91. The van der Waals surface area contributed by atoms with Gasteiger partial charge in [-0.15, -0.1) is 0 Å². The van der Waals surface area contributed by atoms with E-state index in [-0.39, 0.29) is 11.6 Å². The molecule has 1 aliphatic rings. The predicted molar refractivity (Wildman–Crippen MR) is 74.4 cm³/mol. The van der Waals surface area contributed by atoms with Gasteiger partial charge in [-0.05, 0) is 30.7 Å². The van der Waals surface area contributed by atoms with E-state index in [1.165, 1.54) is 12.1 Å². The number of carbonyl (C=O) groups excluding carboxylic acids is 1. The van der Waals surface area contributed by atoms with Crippen molar-refractivity contribution in [3.63, 3.8) is 0 Å². The topological polar surface area (TPSA) is 87.7 Å². The Bertz CT molecular complexity index is 568. The molecule has 7 heteroatoms. The number of benzene rings is 1. The molecule has 1 heterocycles. The number of anilines is 1. The number of nitrogens with one attached hydrogen (secondary N) is 2. The van der Waals surface area contributed by atoms with Gasteiger partial charge in [0.15, 0.2) is 0 Å². The molecule has 2 rings (SSSR count). The molecular formula is C14H15FN2O4. The molecule has 6 nitrogen and oxygen atoms in total. The van der Waals surface area contributed by atoms with E-state index in [0.717, 1.165) is 24.6 Å². The number of amides is 2. The zero-order chi connectivity index (χ0) is 15.2. The summed E-state index contributed by atoms with van der Waals surface area (Å²) >= 11 is 0. The van der Waals surface area contributed by atoms with Crippen LogP contribution in [0.25, 0.3) is 6.08 Å². The summed E-state index contributed by atoms with van der Waals surface area (Å²) in [6, 6.07) is 3.48. The summed E-state index contributed by atoms with van der Waals surface area (Å²) in [7, 11) is 0. The minimum absolute atomic E-state index is 0.0307. The highest BCUT2D eigenvalue weighted by molar-refractivity contribution is 5.90. The standard InChI is InChI=1S/C14H15FN2O4/c15-12-3-2-10(7-9(12)1-4-13(18)19)16-14(20)17-11-5-6-21-8-11/h1-4,7,11H,5-6,8H2,(H,18,19)(H2,16,17,20)/b4-1+. The van der Waals surface area contributed by atoms with Gasteiger partial charge in [-0.3, -0.25) is 0 Å². The van der Waals surface area contributed by atoms with Crippen LogP contribution in [0.2, 0.25) is 0 Å². The van der Waals surface area contributed by atoms with Crippen molar-refractivity contribution in [3.05, 3.63) is 35.7 Å². The third-order valence-electron chi connectivity index (χ3n) is 2.92. The number of carbonyl (C=O) groups is 2. The fraction of sp³-hybridized carbons (Fsp3) is 0.286. The Balaban J connectivity index is 2.00. The minimum Gasteiger partial charge on any atom is -0.478 e. The molecule has 2 amide bonds. The summed E-state index contributed by atoms with van der Waals surface area (Å²) in [6.45, 7) is 1.09. The van der Waals surface area contributed by atoms with Crippen molar-refractivity contribution in [2.24, 2.45) is 0 Å². The van der Waals surface area contributed by atoms with Gasteiger partial charge in [-0.25, -0.2) is 14.0 Å². The number of aliphatic carboxylic acids is 1. The number of carboxylic acid groups (broad SMARTS) is 1. The van der Waals surface area contributed by atoms with Crippen LogP contribution < -0.4 is 10.6 Å². The minimum atomic E-state index is -1.17. The van der Waals surface area contributed by atoms with E-state index in [4.69, 9.17) is 9.84 Å². The summed E-state index contributed by atoms with van der Waals surface area (Å²) in [4.78, 5) is 22.2. The van der Waals surface area contributed by atoms with Crippen LogP contribution in [0.4, 0.5) is 14.9 Å². The van der Waals surface area contributed by atoms with Crippen LogP contribution >= 0.6 is 0 Å². The average molecular weight is 294 g/mol. The van der Waals surface area contributed by atoms with E-state index in [1.807, 2.05) is 0 Å². The lowest BCUT2D eigenvalue weighted by atomic mass is 10.1. The molecule has 0 aliphatic carbocycles. The van der Waals surface area contributed by atoms with Gasteiger partial charge in [0.05, 0.1) is 12.6 Å². The number of hydrogen-bond donors (Lipinski definition) is 3. The number of ether oxygens (including phenoxy) is 1. The Morgan fingerprint density at radius 3 is 2.90 bits per heavy atom. The van der Waals surface area contributed by atoms with Crippen molar-refractivity contribution in [3.8, 4) is 0 Å². The number of urea groups is 1. The third kappa shape index (κ3) is 4.57. The van der Waals surface area contributed by atoms with Crippen molar-refractivity contribution in [2.45, 2.75) is 12.5 Å². The summed E-state index contributed by atoms with van der Waals surface area (Å²) in [5.41, 5.74) is 0.456. The first-order valence-corrected chi connectivity index (χ1v) is 6.40. The lowest BCUT2D eigenvalue weighted by Gasteiger charge is -2.12. The maximum absolute atomic E-state index is 13.5. The smallest absolute Gasteiger partial charge is 0.328 e. The highest BCUT2D eigenvalue weighted by Gasteiger charge is 2.17. The Kier molecular flexibility index (Phi) is 4.89. The van der Waals surface area contributed by atoms with Crippen LogP contribution in [0, 0.1) is 5.82 Å². The highest BCUT2D eigenvalue weighted by atomic mass is 19.1. The molecule has 1 atom stereocenters. The van der Waals surface area contributed by atoms with Gasteiger partial charge in [0.2, 0.25) is 0 Å². The zero-order valence-electron chi connectivity index (χ0n) is 11.1. The second-order valence-corrected chi connectivity index (χ2v) is 4.57. The third-order valence-corrected chi connectivity index (χ3v) is 2.92. The van der Waals surface area contributed by atoms with Crippen LogP contribution in [0.3, 0.4) is 0 Å². The second kappa shape index (κ2) is 6.85. The summed E-state index contributed by atoms with van der Waals surface area (Å²) in [5.74, 6) is -1.74. The van der Waals surface area contributed by atoms with Crippen LogP contribution in [0.5, 0.6) is 0 Å². The number of halogens is 1. The molecule has 0 radical (unpaired) electrons. The van der Waals surface area contributed by atoms with E-state index in [0.29, 0.717) is 18.9 Å². The monoisotopic (exact) mass is 294 g/mol. The Labute approximate surface area is 120 Å². The van der Waals surface area contributed by atoms with E-state index >= 15 is 0 Å². The molecular weight excluding hydrogens is 279 g/mol. The molecule has 1 aromatic rings. The normalized spacial score (nSPS) is 17.9. The first kappa shape index (κ1) is 15.0. The maximum Gasteiger partial charge on any atom is 0.328 e. The van der Waals surface area contributed by atoms with Crippen LogP contribution in [-0.2, 0) is 9.53 Å². The quantitative estimate of drug-likeness (QED) is 0.739. The summed E-state index contributed by atoms with van der Waals surface area (Å²) in [6.07, 6.45) is 2.72. The molecule has 0 spiro atoms. The van der Waals surface area contributed by atoms with E-state index in [2.05, 4.69) is 10.6 Å². The molecule has 0 saturated carbocycles. The van der Waals surface area contributed by atoms with Gasteiger partial charge >= 0.3 is 12.0 Å². The summed E-state index contributed by atoms with van der Waals surface area (Å²) < 4.78 is 18.6. The van der Waals surface area contributed by atoms with Gasteiger partial charge < -0.3 is 20.5 Å². The van der Waals surface area contributed by atoms with Crippen LogP contribution in [0.15, 0.2) is 24.3 Å². The molecule has 3 N–H and O–H groups in total. The largest absolute Gasteiger partial charge is 0.478 e. The lowest BCUT2D eigenvalue weighted by Crippen LogP contribution is -2.38. The van der Waals surface area contributed by atoms with Crippen molar-refractivity contribution < 1.29 is 23.8 Å². The van der Waals surface area contributed by atoms with Crippen LogP contribution in [0.1, 0.15) is 12.0 Å². The van der Waals surface area contributed by atoms with Crippen molar-refractivity contribution in [1.82, 2.24) is 5.32 Å². The Morgan fingerprint density at radius 2 is 2.24 bits per heavy atom. The zero-order valence-corrected chi connectivity index (χ0v) is 11.1. The van der Waals surface area contributed by atoms with E-state index in [9.17, 15) is 14.0 Å². The summed E-state index contributed by atoms with van der Waals surface area (Å²) in [5, 5.41) is 13.8. The van der Waals surface area contributed by atoms with Gasteiger partial charge in [-0.1, -0.05) is 0 Å². The van der Waals surface area contributed by atoms with Crippen molar-refractivity contribution >= 4 is 23.8 Å². The first-order chi connectivity index (χ1) is 10.0. The SMILES string of the molecule is O=C(O)/C=C/c1cc(NC(=O)NC2CCOC2)ccc1F. The van der Waals surface area contributed by atoms with Crippen molar-refractivity contribution in [1.29, 1.82) is 0 Å². The van der Waals surface area contributed by atoms with Gasteiger partial charge in [0, 0.05) is 23.9 Å². The Morgan fingerprint density at radius 1 is 1.43 bits per heavy atom. The maximum atomic E-state index is 13.5. The van der Waals surface area contributed by atoms with Crippen LogP contribution in [-0.4, -0.2) is 36.4 Å². The van der Waals surface area contributed by atoms with E-state index < -0.39 is 17.8 Å². The molecule has 0 aromatic heterocycles. The van der Waals surface area contributed by atoms with Gasteiger partial charge in [0.25, 0.3) is 0 Å². The number of rotatable bonds is 4. The number of hydrogen-bond acceptors (Lipinski definition) is 3. The second-order valence-electron chi connectivity index (χ2n) is 4.57. The first-order valence-electron chi connectivity index (χ1n) is 6.40. The molecule has 1 aliphatic heterocycles. The highest BCUT2D eigenvalue weighted by Crippen LogP contribution is 2.16. The fourth-order valence-electron chi connectivity index (χ4n) is 1.91. The molecule has 0 bridgehead atoms. The van der Waals surface area contributed by atoms with Crippen molar-refractivity contribution in [2.75, 3.05) is 18.5 Å². The lowest BCUT2D eigenvalue weighted by molar-refractivity contribution is -0.131. The average Bonchev–Trinajstić information content (AvgIpc) is 2.92. The van der Waals surface area contributed by atoms with Gasteiger partial charge in [-0.2, -0.15) is 0 Å². The van der Waals surface area contributed by atoms with E-state index in [1.54, 1.807) is 0 Å². The molecule has 1 saturated heterocycles. The molecule has 1 unspecified atom stereocenters. The molecule has 1 fully saturated rings. The molecule has 1 aromatic carbocycles. The van der Waals surface area contributed by atoms with Gasteiger partial charge in [0.1, 0.15) is 5.82 Å². The number of carboxylic acids is 1. The Hall–Kier alpha value is -2.41.